The summed E-state index contributed by atoms with van der Waals surface area (Å²) in [7, 11) is 2.89. The number of hydrogen-bond donors (Lipinski definition) is 1. The summed E-state index contributed by atoms with van der Waals surface area (Å²) < 4.78 is 0. The molecule has 0 radical (unpaired) electrons. The standard InChI is InChI=1S/C12H24NP/c1-7-11(13-5)12(3,4)10(2)8-9-14-6/h7-11,13-14H,1H2,2-6H3/b9-8-. The maximum atomic E-state index is 3.88. The van der Waals surface area contributed by atoms with E-state index in [0.717, 1.165) is 8.58 Å². The molecule has 2 heteroatoms. The second-order valence-electron chi connectivity index (χ2n) is 4.26. The summed E-state index contributed by atoms with van der Waals surface area (Å²) in [5.41, 5.74) is 0.215. The van der Waals surface area contributed by atoms with E-state index in [-0.39, 0.29) is 5.41 Å². The highest BCUT2D eigenvalue weighted by molar-refractivity contribution is 7.40. The Hall–Kier alpha value is -0.130. The first-order chi connectivity index (χ1) is 6.50. The molecule has 0 fully saturated rings. The van der Waals surface area contributed by atoms with Gasteiger partial charge in [0.25, 0.3) is 0 Å². The molecular weight excluding hydrogens is 189 g/mol. The minimum atomic E-state index is 0.215. The van der Waals surface area contributed by atoms with Crippen molar-refractivity contribution in [3.05, 3.63) is 24.5 Å². The molecule has 0 amide bonds. The molecule has 3 atom stereocenters. The molecule has 0 aliphatic rings. The fourth-order valence-corrected chi connectivity index (χ4v) is 2.05. The Morgan fingerprint density at radius 1 is 1.43 bits per heavy atom. The summed E-state index contributed by atoms with van der Waals surface area (Å²) in [5, 5.41) is 3.30. The molecule has 0 aromatic carbocycles. The number of nitrogens with one attached hydrogen (secondary N) is 1. The first kappa shape index (κ1) is 13.9. The second-order valence-corrected chi connectivity index (χ2v) is 5.17. The zero-order valence-corrected chi connectivity index (χ0v) is 11.1. The minimum Gasteiger partial charge on any atom is -0.313 e. The summed E-state index contributed by atoms with van der Waals surface area (Å²) in [5.74, 6) is 2.83. The van der Waals surface area contributed by atoms with Crippen molar-refractivity contribution in [3.63, 3.8) is 0 Å². The van der Waals surface area contributed by atoms with Gasteiger partial charge < -0.3 is 5.32 Å². The molecule has 0 aliphatic heterocycles. The highest BCUT2D eigenvalue weighted by atomic mass is 31.1. The maximum Gasteiger partial charge on any atom is 0.0301 e. The van der Waals surface area contributed by atoms with Crippen molar-refractivity contribution in [1.82, 2.24) is 5.32 Å². The Bertz CT molecular complexity index is 196. The molecule has 0 spiro atoms. The predicted molar refractivity (Wildman–Crippen MR) is 69.4 cm³/mol. The Kier molecular flexibility index (Phi) is 6.31. The molecule has 0 aliphatic carbocycles. The first-order valence-electron chi connectivity index (χ1n) is 5.14. The third-order valence-electron chi connectivity index (χ3n) is 3.07. The highest BCUT2D eigenvalue weighted by Gasteiger charge is 2.30. The Balaban J connectivity index is 4.56. The highest BCUT2D eigenvalue weighted by Crippen LogP contribution is 2.32. The van der Waals surface area contributed by atoms with E-state index in [1.165, 1.54) is 0 Å². The van der Waals surface area contributed by atoms with Crippen molar-refractivity contribution < 1.29 is 0 Å². The SMILES string of the molecule is C=CC(NC)C(C)(C)C(C)/C=C\PC. The van der Waals surface area contributed by atoms with Crippen molar-refractivity contribution in [3.8, 4) is 0 Å². The van der Waals surface area contributed by atoms with Crippen LogP contribution in [0.5, 0.6) is 0 Å². The number of hydrogen-bond acceptors (Lipinski definition) is 1. The topological polar surface area (TPSA) is 12.0 Å². The molecule has 14 heavy (non-hydrogen) atoms. The third kappa shape index (κ3) is 3.55. The van der Waals surface area contributed by atoms with Gasteiger partial charge in [-0.15, -0.1) is 15.2 Å². The van der Waals surface area contributed by atoms with E-state index in [4.69, 9.17) is 0 Å². The van der Waals surface area contributed by atoms with E-state index in [2.05, 4.69) is 51.2 Å². The smallest absolute Gasteiger partial charge is 0.0301 e. The van der Waals surface area contributed by atoms with Gasteiger partial charge in [0.05, 0.1) is 0 Å². The molecule has 82 valence electrons. The molecular formula is C12H24NP. The molecule has 0 saturated heterocycles. The maximum absolute atomic E-state index is 3.88. The Labute approximate surface area is 90.8 Å². The lowest BCUT2D eigenvalue weighted by Crippen LogP contribution is -2.41. The molecule has 1 nitrogen and oxygen atoms in total. The predicted octanol–water partition coefficient (Wildman–Crippen LogP) is 3.24. The van der Waals surface area contributed by atoms with Crippen molar-refractivity contribution >= 4 is 8.58 Å². The van der Waals surface area contributed by atoms with E-state index in [1.807, 2.05) is 13.1 Å². The number of rotatable bonds is 6. The molecule has 0 aromatic rings. The van der Waals surface area contributed by atoms with Crippen LogP contribution in [0.4, 0.5) is 0 Å². The molecule has 0 saturated carbocycles. The zero-order valence-electron chi connectivity index (χ0n) is 10.1. The lowest BCUT2D eigenvalue weighted by atomic mass is 9.74. The summed E-state index contributed by atoms with van der Waals surface area (Å²) >= 11 is 0. The van der Waals surface area contributed by atoms with Gasteiger partial charge in [-0.3, -0.25) is 0 Å². The molecule has 0 rings (SSSR count). The normalized spacial score (nSPS) is 17.8. The number of likely N-dealkylation sites (N-methyl/N-ethyl adjacent to an activating group) is 1. The summed E-state index contributed by atoms with van der Waals surface area (Å²) in [6.07, 6.45) is 4.31. The third-order valence-corrected chi connectivity index (χ3v) is 3.60. The van der Waals surface area contributed by atoms with E-state index in [1.54, 1.807) is 0 Å². The van der Waals surface area contributed by atoms with Crippen molar-refractivity contribution in [2.24, 2.45) is 11.3 Å². The lowest BCUT2D eigenvalue weighted by molar-refractivity contribution is 0.223. The van der Waals surface area contributed by atoms with Crippen molar-refractivity contribution in [2.45, 2.75) is 26.8 Å². The fourth-order valence-electron chi connectivity index (χ4n) is 1.57. The average molecular weight is 213 g/mol. The molecule has 3 unspecified atom stereocenters. The first-order valence-corrected chi connectivity index (χ1v) is 6.72. The van der Waals surface area contributed by atoms with Gasteiger partial charge in [-0.05, 0) is 25.0 Å². The van der Waals surface area contributed by atoms with E-state index in [0.29, 0.717) is 12.0 Å². The number of allylic oxidation sites excluding steroid dienone is 1. The van der Waals surface area contributed by atoms with Gasteiger partial charge in [-0.2, -0.15) is 0 Å². The van der Waals surface area contributed by atoms with Crippen LogP contribution in [-0.4, -0.2) is 19.8 Å². The van der Waals surface area contributed by atoms with Gasteiger partial charge >= 0.3 is 0 Å². The van der Waals surface area contributed by atoms with E-state index < -0.39 is 0 Å². The summed E-state index contributed by atoms with van der Waals surface area (Å²) in [6.45, 7) is 12.9. The summed E-state index contributed by atoms with van der Waals surface area (Å²) in [4.78, 5) is 0. The van der Waals surface area contributed by atoms with Gasteiger partial charge in [-0.1, -0.05) is 38.7 Å². The monoisotopic (exact) mass is 213 g/mol. The van der Waals surface area contributed by atoms with Crippen LogP contribution in [0, 0.1) is 11.3 Å². The average Bonchev–Trinajstić information content (AvgIpc) is 2.15. The van der Waals surface area contributed by atoms with E-state index >= 15 is 0 Å². The Morgan fingerprint density at radius 2 is 2.00 bits per heavy atom. The molecule has 1 N–H and O–H groups in total. The molecule has 0 bridgehead atoms. The molecule has 0 aromatic heterocycles. The van der Waals surface area contributed by atoms with Crippen LogP contribution in [-0.2, 0) is 0 Å². The van der Waals surface area contributed by atoms with Crippen LogP contribution in [0.1, 0.15) is 20.8 Å². The van der Waals surface area contributed by atoms with Gasteiger partial charge in [0.1, 0.15) is 0 Å². The van der Waals surface area contributed by atoms with Gasteiger partial charge in [0.15, 0.2) is 0 Å². The van der Waals surface area contributed by atoms with Crippen LogP contribution >= 0.6 is 8.58 Å². The second kappa shape index (κ2) is 6.37. The van der Waals surface area contributed by atoms with Gasteiger partial charge in [-0.25, -0.2) is 0 Å². The van der Waals surface area contributed by atoms with Crippen LogP contribution in [0.2, 0.25) is 0 Å². The molecule has 0 heterocycles. The summed E-state index contributed by atoms with van der Waals surface area (Å²) in [6, 6.07) is 0.363. The van der Waals surface area contributed by atoms with Crippen LogP contribution in [0.15, 0.2) is 24.5 Å². The van der Waals surface area contributed by atoms with Crippen molar-refractivity contribution in [1.29, 1.82) is 0 Å². The quantitative estimate of drug-likeness (QED) is 0.527. The van der Waals surface area contributed by atoms with Gasteiger partial charge in [0, 0.05) is 6.04 Å². The van der Waals surface area contributed by atoms with Crippen LogP contribution in [0.3, 0.4) is 0 Å². The van der Waals surface area contributed by atoms with Crippen molar-refractivity contribution in [2.75, 3.05) is 13.7 Å². The minimum absolute atomic E-state index is 0.215. The van der Waals surface area contributed by atoms with E-state index in [9.17, 15) is 0 Å². The van der Waals surface area contributed by atoms with Gasteiger partial charge in [0.2, 0.25) is 0 Å². The Morgan fingerprint density at radius 3 is 2.36 bits per heavy atom. The zero-order chi connectivity index (χ0) is 11.2. The van der Waals surface area contributed by atoms with Crippen LogP contribution < -0.4 is 5.32 Å². The lowest BCUT2D eigenvalue weighted by Gasteiger charge is -2.36. The van der Waals surface area contributed by atoms with Crippen LogP contribution in [0.25, 0.3) is 0 Å². The fraction of sp³-hybridized carbons (Fsp3) is 0.667. The largest absolute Gasteiger partial charge is 0.313 e.